The smallest absolute Gasteiger partial charge is 0.349 e. The maximum Gasteiger partial charge on any atom is 0.401 e. The standard InChI is InChI=1S/C10H17F3N2O/c1-14(2)9(16)8-4-7(8)5-15(3)6-10(11,12)13/h7-8H,4-6H2,1-3H3. The van der Waals surface area contributed by atoms with Gasteiger partial charge in [0.15, 0.2) is 0 Å². The normalized spacial score (nSPS) is 24.7. The lowest BCUT2D eigenvalue weighted by molar-refractivity contribution is -0.143. The average Bonchev–Trinajstić information content (AvgIpc) is 2.78. The van der Waals surface area contributed by atoms with Crippen LogP contribution in [-0.4, -0.2) is 56.1 Å². The van der Waals surface area contributed by atoms with Gasteiger partial charge in [0.2, 0.25) is 5.91 Å². The Morgan fingerprint density at radius 3 is 2.31 bits per heavy atom. The zero-order valence-electron chi connectivity index (χ0n) is 9.71. The Hall–Kier alpha value is -0.780. The molecule has 1 amide bonds. The van der Waals surface area contributed by atoms with Crippen molar-refractivity contribution < 1.29 is 18.0 Å². The number of alkyl halides is 3. The van der Waals surface area contributed by atoms with E-state index in [4.69, 9.17) is 0 Å². The number of hydrogen-bond donors (Lipinski definition) is 0. The first-order valence-electron chi connectivity index (χ1n) is 5.17. The number of amides is 1. The van der Waals surface area contributed by atoms with Crippen LogP contribution in [0.4, 0.5) is 13.2 Å². The van der Waals surface area contributed by atoms with Gasteiger partial charge in [-0.2, -0.15) is 13.2 Å². The zero-order chi connectivity index (χ0) is 12.5. The van der Waals surface area contributed by atoms with Gasteiger partial charge in [0, 0.05) is 26.6 Å². The summed E-state index contributed by atoms with van der Waals surface area (Å²) in [6.45, 7) is -0.573. The summed E-state index contributed by atoms with van der Waals surface area (Å²) in [5, 5.41) is 0. The number of rotatable bonds is 4. The van der Waals surface area contributed by atoms with Gasteiger partial charge in [-0.25, -0.2) is 0 Å². The van der Waals surface area contributed by atoms with Crippen LogP contribution in [-0.2, 0) is 4.79 Å². The van der Waals surface area contributed by atoms with Gasteiger partial charge in [-0.05, 0) is 19.4 Å². The molecule has 3 nitrogen and oxygen atoms in total. The lowest BCUT2D eigenvalue weighted by Crippen LogP contribution is -2.33. The van der Waals surface area contributed by atoms with Crippen LogP contribution in [0, 0.1) is 11.8 Å². The Balaban J connectivity index is 2.29. The van der Waals surface area contributed by atoms with Crippen molar-refractivity contribution in [1.29, 1.82) is 0 Å². The first-order valence-corrected chi connectivity index (χ1v) is 5.17. The van der Waals surface area contributed by atoms with E-state index in [0.29, 0.717) is 13.0 Å². The van der Waals surface area contributed by atoms with Gasteiger partial charge in [0.05, 0.1) is 6.54 Å². The van der Waals surface area contributed by atoms with Gasteiger partial charge < -0.3 is 4.90 Å². The van der Waals surface area contributed by atoms with E-state index in [2.05, 4.69) is 0 Å². The maximum atomic E-state index is 12.0. The molecule has 1 saturated carbocycles. The summed E-state index contributed by atoms with van der Waals surface area (Å²) < 4.78 is 36.1. The second-order valence-corrected chi connectivity index (χ2v) is 4.65. The molecule has 1 aliphatic rings. The number of hydrogen-bond acceptors (Lipinski definition) is 2. The van der Waals surface area contributed by atoms with Crippen LogP contribution in [0.2, 0.25) is 0 Å². The summed E-state index contributed by atoms with van der Waals surface area (Å²) in [4.78, 5) is 14.2. The van der Waals surface area contributed by atoms with E-state index < -0.39 is 12.7 Å². The van der Waals surface area contributed by atoms with E-state index in [9.17, 15) is 18.0 Å². The first-order chi connectivity index (χ1) is 7.20. The number of halogens is 3. The molecule has 16 heavy (non-hydrogen) atoms. The number of carbonyl (C=O) groups excluding carboxylic acids is 1. The third kappa shape index (κ3) is 4.00. The van der Waals surface area contributed by atoms with Crippen LogP contribution in [0.15, 0.2) is 0 Å². The van der Waals surface area contributed by atoms with Gasteiger partial charge in [0.25, 0.3) is 0 Å². The van der Waals surface area contributed by atoms with Crippen LogP contribution in [0.3, 0.4) is 0 Å². The summed E-state index contributed by atoms with van der Waals surface area (Å²) in [5.41, 5.74) is 0. The highest BCUT2D eigenvalue weighted by molar-refractivity contribution is 5.81. The molecule has 0 spiro atoms. The van der Waals surface area contributed by atoms with Crippen LogP contribution in [0.5, 0.6) is 0 Å². The molecule has 2 unspecified atom stereocenters. The molecule has 0 N–H and O–H groups in total. The highest BCUT2D eigenvalue weighted by Crippen LogP contribution is 2.40. The van der Waals surface area contributed by atoms with Gasteiger partial charge in [-0.1, -0.05) is 0 Å². The first kappa shape index (κ1) is 13.3. The molecule has 94 valence electrons. The van der Waals surface area contributed by atoms with E-state index in [1.54, 1.807) is 14.1 Å². The van der Waals surface area contributed by atoms with Crippen molar-refractivity contribution in [2.75, 3.05) is 34.2 Å². The van der Waals surface area contributed by atoms with E-state index >= 15 is 0 Å². The molecule has 2 atom stereocenters. The van der Waals surface area contributed by atoms with Crippen molar-refractivity contribution in [3.05, 3.63) is 0 Å². The van der Waals surface area contributed by atoms with Crippen molar-refractivity contribution in [1.82, 2.24) is 9.80 Å². The van der Waals surface area contributed by atoms with Gasteiger partial charge >= 0.3 is 6.18 Å². The van der Waals surface area contributed by atoms with Crippen molar-refractivity contribution in [3.63, 3.8) is 0 Å². The number of carbonyl (C=O) groups is 1. The number of nitrogens with zero attached hydrogens (tertiary/aromatic N) is 2. The largest absolute Gasteiger partial charge is 0.401 e. The highest BCUT2D eigenvalue weighted by Gasteiger charge is 2.44. The predicted octanol–water partition coefficient (Wildman–Crippen LogP) is 1.20. The fraction of sp³-hybridized carbons (Fsp3) is 0.900. The van der Waals surface area contributed by atoms with Crippen molar-refractivity contribution >= 4 is 5.91 Å². The molecular formula is C10H17F3N2O. The molecule has 1 fully saturated rings. The molecule has 0 aliphatic heterocycles. The molecule has 1 rings (SSSR count). The molecule has 0 bridgehead atoms. The lowest BCUT2D eigenvalue weighted by atomic mass is 10.2. The Morgan fingerprint density at radius 2 is 1.88 bits per heavy atom. The third-order valence-corrected chi connectivity index (χ3v) is 2.68. The molecule has 1 aliphatic carbocycles. The van der Waals surface area contributed by atoms with E-state index in [-0.39, 0.29) is 17.7 Å². The predicted molar refractivity (Wildman–Crippen MR) is 53.8 cm³/mol. The van der Waals surface area contributed by atoms with Crippen LogP contribution < -0.4 is 0 Å². The minimum atomic E-state index is -4.16. The van der Waals surface area contributed by atoms with Gasteiger partial charge in [0.1, 0.15) is 0 Å². The Morgan fingerprint density at radius 1 is 1.31 bits per heavy atom. The summed E-state index contributed by atoms with van der Waals surface area (Å²) in [5.74, 6) is 0.0262. The van der Waals surface area contributed by atoms with Crippen LogP contribution in [0.1, 0.15) is 6.42 Å². The quantitative estimate of drug-likeness (QED) is 0.735. The van der Waals surface area contributed by atoms with E-state index in [1.165, 1.54) is 16.8 Å². The van der Waals surface area contributed by atoms with Gasteiger partial charge in [-0.15, -0.1) is 0 Å². The summed E-state index contributed by atoms with van der Waals surface area (Å²) in [6, 6.07) is 0. The fourth-order valence-corrected chi connectivity index (χ4v) is 1.85. The molecular weight excluding hydrogens is 221 g/mol. The average molecular weight is 238 g/mol. The van der Waals surface area contributed by atoms with E-state index in [1.807, 2.05) is 0 Å². The Labute approximate surface area is 93.2 Å². The summed E-state index contributed by atoms with van der Waals surface area (Å²) in [6.07, 6.45) is -3.45. The highest BCUT2D eigenvalue weighted by atomic mass is 19.4. The Bertz CT molecular complexity index is 265. The molecule has 0 heterocycles. The third-order valence-electron chi connectivity index (χ3n) is 2.68. The summed E-state index contributed by atoms with van der Waals surface area (Å²) >= 11 is 0. The molecule has 0 radical (unpaired) electrons. The monoisotopic (exact) mass is 238 g/mol. The fourth-order valence-electron chi connectivity index (χ4n) is 1.85. The SMILES string of the molecule is CN(CC1CC1C(=O)N(C)C)CC(F)(F)F. The zero-order valence-corrected chi connectivity index (χ0v) is 9.71. The molecule has 0 aromatic rings. The molecule has 0 aromatic carbocycles. The van der Waals surface area contributed by atoms with Crippen molar-refractivity contribution in [3.8, 4) is 0 Å². The maximum absolute atomic E-state index is 12.0. The second kappa shape index (κ2) is 4.61. The van der Waals surface area contributed by atoms with Gasteiger partial charge in [-0.3, -0.25) is 9.69 Å². The summed E-state index contributed by atoms with van der Waals surface area (Å²) in [7, 11) is 4.76. The Kier molecular flexibility index (Phi) is 3.83. The van der Waals surface area contributed by atoms with Crippen molar-refractivity contribution in [2.45, 2.75) is 12.6 Å². The second-order valence-electron chi connectivity index (χ2n) is 4.65. The minimum absolute atomic E-state index is 0.0189. The minimum Gasteiger partial charge on any atom is -0.349 e. The van der Waals surface area contributed by atoms with Crippen LogP contribution >= 0.6 is 0 Å². The van der Waals surface area contributed by atoms with Crippen molar-refractivity contribution in [2.24, 2.45) is 11.8 Å². The lowest BCUT2D eigenvalue weighted by Gasteiger charge is -2.18. The van der Waals surface area contributed by atoms with Crippen LogP contribution in [0.25, 0.3) is 0 Å². The molecule has 6 heteroatoms. The van der Waals surface area contributed by atoms with E-state index in [0.717, 1.165) is 0 Å². The topological polar surface area (TPSA) is 23.6 Å². The molecule has 0 aromatic heterocycles. The molecule has 0 saturated heterocycles.